The monoisotopic (exact) mass is 412 g/mol. The number of hydrogen-bond acceptors (Lipinski definition) is 5. The summed E-state index contributed by atoms with van der Waals surface area (Å²) in [4.78, 5) is 50.6. The average molecular weight is 412 g/mol. The molecular weight excluding hydrogens is 396 g/mol. The van der Waals surface area contributed by atoms with Crippen LogP contribution in [0.15, 0.2) is 79.8 Å². The third kappa shape index (κ3) is 2.82. The maximum atomic E-state index is 13.0. The van der Waals surface area contributed by atoms with Crippen molar-refractivity contribution in [2.45, 2.75) is 6.92 Å². The van der Waals surface area contributed by atoms with Crippen LogP contribution in [0, 0.1) is 6.92 Å². The van der Waals surface area contributed by atoms with E-state index in [1.165, 1.54) is 19.2 Å². The van der Waals surface area contributed by atoms with E-state index in [2.05, 4.69) is 0 Å². The van der Waals surface area contributed by atoms with Crippen LogP contribution in [0.4, 0.5) is 0 Å². The molecule has 5 aromatic rings. The minimum absolute atomic E-state index is 0.102. The smallest absolute Gasteiger partial charge is 0.266 e. The van der Waals surface area contributed by atoms with Gasteiger partial charge in [-0.25, -0.2) is 4.57 Å². The van der Waals surface area contributed by atoms with E-state index in [-0.39, 0.29) is 21.5 Å². The SMILES string of the molecule is Cc1ccc(Oc2cccc(-n3c(=O)c4cc5c(=O)n(C)c(=O)c5cc4c3=O)c2)cc1. The van der Waals surface area contributed by atoms with E-state index in [9.17, 15) is 19.2 Å². The van der Waals surface area contributed by atoms with Gasteiger partial charge in [-0.05, 0) is 43.3 Å². The van der Waals surface area contributed by atoms with Gasteiger partial charge in [0.05, 0.1) is 27.2 Å². The highest BCUT2D eigenvalue weighted by molar-refractivity contribution is 5.98. The first kappa shape index (κ1) is 18.7. The fourth-order valence-electron chi connectivity index (χ4n) is 3.76. The van der Waals surface area contributed by atoms with Gasteiger partial charge < -0.3 is 4.74 Å². The van der Waals surface area contributed by atoms with Gasteiger partial charge in [-0.1, -0.05) is 23.8 Å². The summed E-state index contributed by atoms with van der Waals surface area (Å²) in [5.41, 5.74) is -0.645. The first-order valence-electron chi connectivity index (χ1n) is 9.59. The van der Waals surface area contributed by atoms with Gasteiger partial charge in [0.2, 0.25) is 0 Å². The van der Waals surface area contributed by atoms with Crippen LogP contribution in [0.5, 0.6) is 11.5 Å². The molecule has 0 unspecified atom stereocenters. The Bertz CT molecular complexity index is 1620. The molecule has 2 heterocycles. The third-order valence-electron chi connectivity index (χ3n) is 5.43. The van der Waals surface area contributed by atoms with Crippen molar-refractivity contribution in [2.75, 3.05) is 0 Å². The number of nitrogens with zero attached hydrogens (tertiary/aromatic N) is 2. The first-order valence-corrected chi connectivity index (χ1v) is 9.59. The molecule has 2 aromatic heterocycles. The zero-order chi connectivity index (χ0) is 21.9. The quantitative estimate of drug-likeness (QED) is 0.455. The molecule has 0 aliphatic rings. The fraction of sp³-hybridized carbons (Fsp3) is 0.0833. The van der Waals surface area contributed by atoms with E-state index in [0.717, 1.165) is 14.7 Å². The van der Waals surface area contributed by atoms with Crippen molar-refractivity contribution in [1.29, 1.82) is 0 Å². The summed E-state index contributed by atoms with van der Waals surface area (Å²) in [6, 6.07) is 16.8. The predicted octanol–water partition coefficient (Wildman–Crippen LogP) is 2.54. The molecule has 0 atom stereocenters. The molecule has 7 nitrogen and oxygen atoms in total. The van der Waals surface area contributed by atoms with Crippen molar-refractivity contribution in [1.82, 2.24) is 9.13 Å². The Balaban J connectivity index is 1.68. The van der Waals surface area contributed by atoms with E-state index in [4.69, 9.17) is 4.74 Å². The van der Waals surface area contributed by atoms with Crippen molar-refractivity contribution in [3.05, 3.63) is 108 Å². The van der Waals surface area contributed by atoms with Gasteiger partial charge >= 0.3 is 0 Å². The lowest BCUT2D eigenvalue weighted by Gasteiger charge is -2.08. The van der Waals surface area contributed by atoms with Crippen LogP contribution >= 0.6 is 0 Å². The van der Waals surface area contributed by atoms with Crippen molar-refractivity contribution >= 4 is 21.5 Å². The fourth-order valence-corrected chi connectivity index (χ4v) is 3.76. The average Bonchev–Trinajstić information content (AvgIpc) is 3.14. The highest BCUT2D eigenvalue weighted by Crippen LogP contribution is 2.24. The summed E-state index contributed by atoms with van der Waals surface area (Å²) in [6.07, 6.45) is 0. The molecule has 0 saturated carbocycles. The number of aryl methyl sites for hydroxylation is 1. The molecule has 0 saturated heterocycles. The van der Waals surface area contributed by atoms with Gasteiger partial charge in [-0.2, -0.15) is 0 Å². The summed E-state index contributed by atoms with van der Waals surface area (Å²) in [5.74, 6) is 1.09. The highest BCUT2D eigenvalue weighted by atomic mass is 16.5. The zero-order valence-electron chi connectivity index (χ0n) is 16.7. The minimum atomic E-state index is -0.551. The summed E-state index contributed by atoms with van der Waals surface area (Å²) in [5, 5.41) is 0.464. The molecule has 0 fully saturated rings. The van der Waals surface area contributed by atoms with Gasteiger partial charge in [0.25, 0.3) is 22.2 Å². The Morgan fingerprint density at radius 2 is 1.19 bits per heavy atom. The van der Waals surface area contributed by atoms with Crippen molar-refractivity contribution in [2.24, 2.45) is 7.05 Å². The van der Waals surface area contributed by atoms with Gasteiger partial charge in [0, 0.05) is 13.1 Å². The molecular formula is C24H16N2O5. The second kappa shape index (κ2) is 6.63. The number of benzene rings is 3. The van der Waals surface area contributed by atoms with Crippen molar-refractivity contribution in [3.63, 3.8) is 0 Å². The van der Waals surface area contributed by atoms with Gasteiger partial charge in [-0.3, -0.25) is 23.7 Å². The normalized spacial score (nSPS) is 11.4. The molecule has 0 amide bonds. The standard InChI is InChI=1S/C24H16N2O5/c1-13-6-8-15(9-7-13)31-16-5-3-4-14(10-16)26-23(29)19-11-17-18(12-20(19)24(26)30)22(28)25(2)21(17)27/h3-12H,1-2H3. The number of aromatic nitrogens is 2. The van der Waals surface area contributed by atoms with E-state index in [1.807, 2.05) is 31.2 Å². The highest BCUT2D eigenvalue weighted by Gasteiger charge is 2.19. The lowest BCUT2D eigenvalue weighted by atomic mass is 10.1. The summed E-state index contributed by atoms with van der Waals surface area (Å²) in [7, 11) is 1.37. The Kier molecular flexibility index (Phi) is 4.01. The van der Waals surface area contributed by atoms with Crippen molar-refractivity contribution < 1.29 is 4.74 Å². The number of fused-ring (bicyclic) bond motifs is 2. The molecule has 5 rings (SSSR count). The number of ether oxygens (including phenoxy) is 1. The Labute approximate surface area is 174 Å². The van der Waals surface area contributed by atoms with E-state index in [0.29, 0.717) is 17.2 Å². The van der Waals surface area contributed by atoms with Gasteiger partial charge in [0.15, 0.2) is 0 Å². The molecule has 0 N–H and O–H groups in total. The molecule has 0 aliphatic carbocycles. The minimum Gasteiger partial charge on any atom is -0.457 e. The largest absolute Gasteiger partial charge is 0.457 e. The summed E-state index contributed by atoms with van der Waals surface area (Å²) >= 11 is 0. The summed E-state index contributed by atoms with van der Waals surface area (Å²) in [6.45, 7) is 1.97. The van der Waals surface area contributed by atoms with Gasteiger partial charge in [0.1, 0.15) is 11.5 Å². The van der Waals surface area contributed by atoms with E-state index >= 15 is 0 Å². The van der Waals surface area contributed by atoms with Crippen LogP contribution in [-0.2, 0) is 7.05 Å². The van der Waals surface area contributed by atoms with Gasteiger partial charge in [-0.15, -0.1) is 0 Å². The maximum Gasteiger partial charge on any atom is 0.266 e. The van der Waals surface area contributed by atoms with E-state index < -0.39 is 22.2 Å². The zero-order valence-corrected chi connectivity index (χ0v) is 16.7. The number of rotatable bonds is 3. The Hall–Kier alpha value is -4.26. The Morgan fingerprint density at radius 1 is 0.645 bits per heavy atom. The van der Waals surface area contributed by atoms with Crippen LogP contribution in [0.2, 0.25) is 0 Å². The lowest BCUT2D eigenvalue weighted by molar-refractivity contribution is 0.482. The molecule has 152 valence electrons. The van der Waals surface area contributed by atoms with Crippen LogP contribution in [0.1, 0.15) is 5.56 Å². The molecule has 3 aromatic carbocycles. The second-order valence-electron chi connectivity index (χ2n) is 7.47. The van der Waals surface area contributed by atoms with E-state index in [1.54, 1.807) is 24.3 Å². The van der Waals surface area contributed by atoms with Crippen LogP contribution < -0.4 is 27.0 Å². The Morgan fingerprint density at radius 3 is 1.77 bits per heavy atom. The maximum absolute atomic E-state index is 13.0. The second-order valence-corrected chi connectivity index (χ2v) is 7.47. The molecule has 7 heteroatoms. The predicted molar refractivity (Wildman–Crippen MR) is 118 cm³/mol. The topological polar surface area (TPSA) is 87.4 Å². The van der Waals surface area contributed by atoms with Crippen LogP contribution in [0.25, 0.3) is 27.2 Å². The van der Waals surface area contributed by atoms with Crippen molar-refractivity contribution in [3.8, 4) is 17.2 Å². The number of hydrogen-bond donors (Lipinski definition) is 0. The molecule has 31 heavy (non-hydrogen) atoms. The molecule has 0 bridgehead atoms. The summed E-state index contributed by atoms with van der Waals surface area (Å²) < 4.78 is 7.84. The molecule has 0 radical (unpaired) electrons. The van der Waals surface area contributed by atoms with Crippen LogP contribution in [-0.4, -0.2) is 9.13 Å². The third-order valence-corrected chi connectivity index (χ3v) is 5.43. The molecule has 0 spiro atoms. The lowest BCUT2D eigenvalue weighted by Crippen LogP contribution is -2.23. The molecule has 0 aliphatic heterocycles. The first-order chi connectivity index (χ1) is 14.8. The van der Waals surface area contributed by atoms with Crippen LogP contribution in [0.3, 0.4) is 0 Å².